The van der Waals surface area contributed by atoms with Crippen LogP contribution in [0.25, 0.3) is 0 Å². The average molecular weight is 284 g/mol. The molecule has 2 aromatic heterocycles. The first-order chi connectivity index (χ1) is 10.1. The van der Waals surface area contributed by atoms with Crippen LogP contribution >= 0.6 is 0 Å². The summed E-state index contributed by atoms with van der Waals surface area (Å²) in [6.07, 6.45) is 0. The molecule has 0 aromatic carbocycles. The van der Waals surface area contributed by atoms with Gasteiger partial charge in [0, 0.05) is 36.9 Å². The quantitative estimate of drug-likeness (QED) is 0.922. The molecule has 0 amide bonds. The zero-order valence-corrected chi connectivity index (χ0v) is 12.7. The van der Waals surface area contributed by atoms with Crippen LogP contribution in [0.1, 0.15) is 17.1 Å². The van der Waals surface area contributed by atoms with E-state index in [1.807, 2.05) is 39.0 Å². The second-order valence-electron chi connectivity index (χ2n) is 5.66. The number of hydrogen-bond donors (Lipinski definition) is 1. The molecular weight excluding hydrogens is 264 g/mol. The maximum Gasteiger partial charge on any atom is 0.223 e. The normalized spacial score (nSPS) is 14.9. The maximum atomic E-state index is 4.39. The molecule has 0 radical (unpaired) electrons. The van der Waals surface area contributed by atoms with Gasteiger partial charge in [-0.1, -0.05) is 0 Å². The van der Waals surface area contributed by atoms with Crippen LogP contribution in [0.5, 0.6) is 0 Å². The molecule has 1 saturated heterocycles. The van der Waals surface area contributed by atoms with Gasteiger partial charge in [-0.05, 0) is 39.0 Å². The molecule has 1 N–H and O–H groups in total. The Morgan fingerprint density at radius 3 is 2.38 bits per heavy atom. The third-order valence-corrected chi connectivity index (χ3v) is 3.60. The van der Waals surface area contributed by atoms with Gasteiger partial charge in [0.25, 0.3) is 0 Å². The fourth-order valence-electron chi connectivity index (χ4n) is 2.49. The van der Waals surface area contributed by atoms with Crippen molar-refractivity contribution >= 4 is 11.8 Å². The summed E-state index contributed by atoms with van der Waals surface area (Å²) >= 11 is 0. The highest BCUT2D eigenvalue weighted by molar-refractivity contribution is 5.41. The molecule has 1 fully saturated rings. The van der Waals surface area contributed by atoms with E-state index in [4.69, 9.17) is 0 Å². The molecule has 21 heavy (non-hydrogen) atoms. The molecular formula is C15H20N6. The number of nitrogens with one attached hydrogen (secondary N) is 1. The highest BCUT2D eigenvalue weighted by atomic mass is 15.3. The first-order valence-corrected chi connectivity index (χ1v) is 7.21. The minimum atomic E-state index is 0.595. The van der Waals surface area contributed by atoms with Crippen LogP contribution < -0.4 is 10.2 Å². The maximum absolute atomic E-state index is 4.39. The monoisotopic (exact) mass is 284 g/mol. The van der Waals surface area contributed by atoms with Crippen molar-refractivity contribution in [1.82, 2.24) is 20.2 Å². The van der Waals surface area contributed by atoms with Gasteiger partial charge in [-0.15, -0.1) is 5.10 Å². The van der Waals surface area contributed by atoms with Gasteiger partial charge in [0.15, 0.2) is 5.82 Å². The number of aromatic nitrogens is 4. The van der Waals surface area contributed by atoms with Crippen LogP contribution in [0.4, 0.5) is 11.8 Å². The highest BCUT2D eigenvalue weighted by Crippen LogP contribution is 2.22. The second kappa shape index (κ2) is 5.63. The van der Waals surface area contributed by atoms with Gasteiger partial charge in [0.2, 0.25) is 5.95 Å². The van der Waals surface area contributed by atoms with E-state index < -0.39 is 0 Å². The standard InChI is InChI=1S/C15H20N6/c1-10-4-5-14(20-19-10)21-8-13(9-21)7-16-15-17-11(2)6-12(3)18-15/h4-6,13H,7-9H2,1-3H3,(H,16,17,18). The lowest BCUT2D eigenvalue weighted by Crippen LogP contribution is -2.50. The fraction of sp³-hybridized carbons (Fsp3) is 0.467. The smallest absolute Gasteiger partial charge is 0.223 e. The lowest BCUT2D eigenvalue weighted by molar-refractivity contribution is 0.424. The Hall–Kier alpha value is -2.24. The Morgan fingerprint density at radius 1 is 1.05 bits per heavy atom. The summed E-state index contributed by atoms with van der Waals surface area (Å²) in [4.78, 5) is 11.0. The van der Waals surface area contributed by atoms with E-state index in [1.54, 1.807) is 0 Å². The third kappa shape index (κ3) is 3.26. The minimum Gasteiger partial charge on any atom is -0.354 e. The van der Waals surface area contributed by atoms with E-state index in [9.17, 15) is 0 Å². The summed E-state index contributed by atoms with van der Waals surface area (Å²) < 4.78 is 0. The highest BCUT2D eigenvalue weighted by Gasteiger charge is 2.27. The summed E-state index contributed by atoms with van der Waals surface area (Å²) in [5, 5.41) is 11.6. The Bertz CT molecular complexity index is 598. The average Bonchev–Trinajstić information content (AvgIpc) is 2.38. The Kier molecular flexibility index (Phi) is 3.68. The van der Waals surface area contributed by atoms with Gasteiger partial charge in [0.05, 0.1) is 5.69 Å². The van der Waals surface area contributed by atoms with E-state index in [0.29, 0.717) is 5.92 Å². The van der Waals surface area contributed by atoms with Crippen LogP contribution in [-0.4, -0.2) is 39.8 Å². The molecule has 3 heterocycles. The molecule has 0 atom stereocenters. The molecule has 2 aromatic rings. The van der Waals surface area contributed by atoms with Gasteiger partial charge in [0.1, 0.15) is 0 Å². The number of hydrogen-bond acceptors (Lipinski definition) is 6. The Morgan fingerprint density at radius 2 is 1.76 bits per heavy atom. The summed E-state index contributed by atoms with van der Waals surface area (Å²) in [5.41, 5.74) is 2.94. The van der Waals surface area contributed by atoms with Gasteiger partial charge in [-0.25, -0.2) is 9.97 Å². The van der Waals surface area contributed by atoms with Gasteiger partial charge in [-0.2, -0.15) is 5.10 Å². The number of anilines is 2. The van der Waals surface area contributed by atoms with Crippen molar-refractivity contribution < 1.29 is 0 Å². The van der Waals surface area contributed by atoms with E-state index in [-0.39, 0.29) is 0 Å². The predicted octanol–water partition coefficient (Wildman–Crippen LogP) is 1.74. The van der Waals surface area contributed by atoms with Gasteiger partial charge < -0.3 is 10.2 Å². The van der Waals surface area contributed by atoms with E-state index in [1.165, 1.54) is 0 Å². The van der Waals surface area contributed by atoms with Crippen molar-refractivity contribution in [2.75, 3.05) is 29.9 Å². The van der Waals surface area contributed by atoms with Crippen LogP contribution in [-0.2, 0) is 0 Å². The topological polar surface area (TPSA) is 66.8 Å². The third-order valence-electron chi connectivity index (χ3n) is 3.60. The van der Waals surface area contributed by atoms with Crippen LogP contribution in [0.3, 0.4) is 0 Å². The first-order valence-electron chi connectivity index (χ1n) is 7.21. The largest absolute Gasteiger partial charge is 0.354 e. The molecule has 0 unspecified atom stereocenters. The first kappa shape index (κ1) is 13.7. The second-order valence-corrected chi connectivity index (χ2v) is 5.66. The summed E-state index contributed by atoms with van der Waals surface area (Å²) in [7, 11) is 0. The van der Waals surface area contributed by atoms with Crippen molar-refractivity contribution in [3.05, 3.63) is 35.3 Å². The van der Waals surface area contributed by atoms with E-state index >= 15 is 0 Å². The molecule has 0 saturated carbocycles. The van der Waals surface area contributed by atoms with Crippen molar-refractivity contribution in [1.29, 1.82) is 0 Å². The molecule has 0 spiro atoms. The van der Waals surface area contributed by atoms with Crippen LogP contribution in [0.15, 0.2) is 18.2 Å². The van der Waals surface area contributed by atoms with Crippen molar-refractivity contribution in [3.63, 3.8) is 0 Å². The van der Waals surface area contributed by atoms with E-state index in [2.05, 4.69) is 30.4 Å². The van der Waals surface area contributed by atoms with Crippen molar-refractivity contribution in [2.24, 2.45) is 5.92 Å². The SMILES string of the molecule is Cc1ccc(N2CC(CNc3nc(C)cc(C)n3)C2)nn1. The van der Waals surface area contributed by atoms with Gasteiger partial charge in [-0.3, -0.25) is 0 Å². The molecule has 0 aliphatic carbocycles. The molecule has 0 bridgehead atoms. The molecule has 6 nitrogen and oxygen atoms in total. The zero-order valence-electron chi connectivity index (χ0n) is 12.7. The Labute approximate surface area is 124 Å². The predicted molar refractivity (Wildman–Crippen MR) is 82.5 cm³/mol. The number of nitrogens with zero attached hydrogens (tertiary/aromatic N) is 5. The minimum absolute atomic E-state index is 0.595. The zero-order chi connectivity index (χ0) is 14.8. The number of aryl methyl sites for hydroxylation is 3. The molecule has 1 aliphatic heterocycles. The summed E-state index contributed by atoms with van der Waals surface area (Å²) in [6, 6.07) is 6.00. The fourth-order valence-corrected chi connectivity index (χ4v) is 2.49. The van der Waals surface area contributed by atoms with Crippen molar-refractivity contribution in [2.45, 2.75) is 20.8 Å². The Balaban J connectivity index is 1.50. The number of rotatable bonds is 4. The lowest BCUT2D eigenvalue weighted by atomic mass is 10.0. The van der Waals surface area contributed by atoms with Crippen LogP contribution in [0, 0.1) is 26.7 Å². The van der Waals surface area contributed by atoms with Crippen LogP contribution in [0.2, 0.25) is 0 Å². The van der Waals surface area contributed by atoms with Crippen molar-refractivity contribution in [3.8, 4) is 0 Å². The van der Waals surface area contributed by atoms with Gasteiger partial charge >= 0.3 is 0 Å². The lowest BCUT2D eigenvalue weighted by Gasteiger charge is -2.39. The molecule has 110 valence electrons. The van der Waals surface area contributed by atoms with E-state index in [0.717, 1.165) is 48.5 Å². The molecule has 3 rings (SSSR count). The summed E-state index contributed by atoms with van der Waals surface area (Å²) in [5.74, 6) is 2.28. The summed E-state index contributed by atoms with van der Waals surface area (Å²) in [6.45, 7) is 8.80. The molecule has 1 aliphatic rings. The molecule has 6 heteroatoms.